The van der Waals surface area contributed by atoms with Crippen molar-refractivity contribution in [2.24, 2.45) is 17.2 Å². The lowest BCUT2D eigenvalue weighted by Gasteiger charge is -2.19. The Labute approximate surface area is 324 Å². The lowest BCUT2D eigenvalue weighted by Crippen LogP contribution is -2.49. The Kier molecular flexibility index (Phi) is 39.2. The van der Waals surface area contributed by atoms with Crippen LogP contribution in [0.2, 0.25) is 0 Å². The average molecular weight is 754 g/mol. The van der Waals surface area contributed by atoms with Crippen molar-refractivity contribution >= 4 is 30.4 Å². The van der Waals surface area contributed by atoms with Crippen LogP contribution in [0.25, 0.3) is 0 Å². The number of nitrogens with two attached hydrogens (primary N) is 3. The second-order valence-corrected chi connectivity index (χ2v) is 11.9. The Bertz CT molecular complexity index is 1270. The fourth-order valence-corrected chi connectivity index (χ4v) is 4.35. The van der Waals surface area contributed by atoms with Crippen LogP contribution < -0.4 is 33.2 Å². The molecule has 3 rings (SSSR count). The number of aliphatic carboxylic acids is 1. The van der Waals surface area contributed by atoms with E-state index in [4.69, 9.17) is 22.3 Å². The third-order valence-electron chi connectivity index (χ3n) is 7.54. The fourth-order valence-electron chi connectivity index (χ4n) is 4.35. The molecule has 1 heterocycles. The summed E-state index contributed by atoms with van der Waals surface area (Å²) in [6.45, 7) is 10.3. The Morgan fingerprint density at radius 3 is 1.69 bits per heavy atom. The van der Waals surface area contributed by atoms with Crippen LogP contribution in [0.4, 0.5) is 0 Å². The first-order valence-corrected chi connectivity index (χ1v) is 17.8. The molecule has 54 heavy (non-hydrogen) atoms. The maximum atomic E-state index is 11.5. The highest BCUT2D eigenvalue weighted by Gasteiger charge is 2.39. The molecule has 1 aliphatic rings. The number of carboxylic acid groups (broad SMARTS) is 1. The maximum Gasteiger partial charge on any atom is 0.325 e. The topological polar surface area (TPSA) is 223 Å². The largest absolute Gasteiger partial charge is 0.480 e. The number of rotatable bonds is 14. The number of nitrogens with zero attached hydrogens (tertiary/aromatic N) is 1. The molecular formula is C41H67N7O6. The molecule has 302 valence electrons. The van der Waals surface area contributed by atoms with Gasteiger partial charge < -0.3 is 52.7 Å². The van der Waals surface area contributed by atoms with Crippen LogP contribution in [-0.4, -0.2) is 105 Å². The first kappa shape index (κ1) is 55.9. The first-order chi connectivity index (χ1) is 25.8. The predicted octanol–water partition coefficient (Wildman–Crippen LogP) is 2.47. The number of likely N-dealkylation sites (N-methyl/N-ethyl adjacent to an activating group) is 2. The molecule has 0 aromatic heterocycles. The Morgan fingerprint density at radius 1 is 0.907 bits per heavy atom. The van der Waals surface area contributed by atoms with Gasteiger partial charge in [0, 0.05) is 19.0 Å². The van der Waals surface area contributed by atoms with Gasteiger partial charge >= 0.3 is 5.97 Å². The normalized spacial score (nSPS) is 15.2. The van der Waals surface area contributed by atoms with Gasteiger partial charge in [-0.2, -0.15) is 0 Å². The van der Waals surface area contributed by atoms with E-state index in [9.17, 15) is 24.0 Å². The van der Waals surface area contributed by atoms with Gasteiger partial charge in [-0.3, -0.25) is 14.4 Å². The number of carbonyl (C=O) groups is 5. The third-order valence-corrected chi connectivity index (χ3v) is 7.54. The summed E-state index contributed by atoms with van der Waals surface area (Å²) in [5, 5.41) is 16.5. The van der Waals surface area contributed by atoms with Gasteiger partial charge in [-0.1, -0.05) is 99.8 Å². The molecule has 1 saturated heterocycles. The van der Waals surface area contributed by atoms with Gasteiger partial charge in [-0.15, -0.1) is 25.7 Å². The summed E-state index contributed by atoms with van der Waals surface area (Å²) in [6.07, 6.45) is 22.0. The molecule has 13 heteroatoms. The van der Waals surface area contributed by atoms with E-state index in [-0.39, 0.29) is 36.9 Å². The number of benzene rings is 2. The van der Waals surface area contributed by atoms with Crippen LogP contribution in [-0.2, 0) is 24.0 Å². The number of unbranched alkanes of at least 4 members (excludes halogenated alkanes) is 1. The number of carboxylic acids is 1. The molecule has 4 atom stereocenters. The summed E-state index contributed by atoms with van der Waals surface area (Å²) in [6, 6.07) is 19.0. The van der Waals surface area contributed by atoms with E-state index < -0.39 is 17.6 Å². The first-order valence-electron chi connectivity index (χ1n) is 17.8. The van der Waals surface area contributed by atoms with E-state index >= 15 is 0 Å². The molecule has 0 spiro atoms. The van der Waals surface area contributed by atoms with Crippen LogP contribution in [0.5, 0.6) is 0 Å². The Hall–Kier alpha value is -4.89. The molecule has 2 aromatic carbocycles. The predicted molar refractivity (Wildman–Crippen MR) is 220 cm³/mol. The summed E-state index contributed by atoms with van der Waals surface area (Å²) < 4.78 is 0. The second kappa shape index (κ2) is 37.9. The van der Waals surface area contributed by atoms with Crippen LogP contribution in [0.1, 0.15) is 69.9 Å². The van der Waals surface area contributed by atoms with Crippen molar-refractivity contribution in [1.82, 2.24) is 20.9 Å². The van der Waals surface area contributed by atoms with Gasteiger partial charge in [0.15, 0.2) is 0 Å². The van der Waals surface area contributed by atoms with Gasteiger partial charge in [0.25, 0.3) is 0 Å². The molecule has 13 nitrogen and oxygen atoms in total. The van der Waals surface area contributed by atoms with Crippen molar-refractivity contribution in [3.63, 3.8) is 0 Å². The Balaban J connectivity index is -0.000000295. The Morgan fingerprint density at radius 2 is 1.39 bits per heavy atom. The number of hydrogen-bond donors (Lipinski definition) is 7. The molecular weight excluding hydrogens is 686 g/mol. The number of aryl methyl sites for hydroxylation is 1. The number of aldehydes is 2. The van der Waals surface area contributed by atoms with Crippen LogP contribution >= 0.6 is 0 Å². The number of hydrogen-bond acceptors (Lipinski definition) is 10. The fraction of sp³-hybridized carbons (Fsp3) is 0.488. The lowest BCUT2D eigenvalue weighted by atomic mass is 9.93. The summed E-state index contributed by atoms with van der Waals surface area (Å²) in [7, 11) is 3.61. The number of terminal acetylenes is 2. The summed E-state index contributed by atoms with van der Waals surface area (Å²) in [5.41, 5.74) is 17.8. The molecule has 2 aromatic rings. The molecule has 0 aliphatic carbocycles. The van der Waals surface area contributed by atoms with Gasteiger partial charge in [-0.05, 0) is 52.4 Å². The monoisotopic (exact) mass is 754 g/mol. The minimum atomic E-state index is -0.991. The van der Waals surface area contributed by atoms with Crippen molar-refractivity contribution in [2.45, 2.75) is 83.3 Å². The summed E-state index contributed by atoms with van der Waals surface area (Å²) in [4.78, 5) is 55.2. The van der Waals surface area contributed by atoms with E-state index in [1.807, 2.05) is 74.3 Å². The van der Waals surface area contributed by atoms with E-state index in [1.54, 1.807) is 7.05 Å². The van der Waals surface area contributed by atoms with Gasteiger partial charge in [0.1, 0.15) is 18.1 Å². The minimum Gasteiger partial charge on any atom is -0.480 e. The highest BCUT2D eigenvalue weighted by Crippen LogP contribution is 2.18. The molecule has 2 amide bonds. The van der Waals surface area contributed by atoms with Crippen LogP contribution in [0.3, 0.4) is 0 Å². The molecule has 1 unspecified atom stereocenters. The minimum absolute atomic E-state index is 0.00798. The smallest absolute Gasteiger partial charge is 0.325 e. The zero-order valence-electron chi connectivity index (χ0n) is 33.2. The highest BCUT2D eigenvalue weighted by molar-refractivity contribution is 5.84. The zero-order valence-corrected chi connectivity index (χ0v) is 33.2. The maximum absolute atomic E-state index is 11.5. The molecule has 10 N–H and O–H groups in total. The second-order valence-electron chi connectivity index (χ2n) is 11.9. The number of amides is 2. The summed E-state index contributed by atoms with van der Waals surface area (Å²) in [5.74, 6) is -1.38. The van der Waals surface area contributed by atoms with Gasteiger partial charge in [-0.25, -0.2) is 0 Å². The van der Waals surface area contributed by atoms with E-state index in [0.29, 0.717) is 25.5 Å². The quantitative estimate of drug-likeness (QED) is 0.110. The van der Waals surface area contributed by atoms with Gasteiger partial charge in [0.05, 0.1) is 25.2 Å². The molecule has 1 fully saturated rings. The van der Waals surface area contributed by atoms with Gasteiger partial charge in [0.2, 0.25) is 11.8 Å². The standard InChI is InChI=1S/C12H16N2O2.C8H16N2O2.C7H8.C6H12N2O2.C4H11N.2C2H2/c1-9(10-5-3-2-4-6-10)11(13)12(16)14-7-8-15;1-3-4-7(9-2)8(12)10-5-6-11;1-7-5-3-2-4-6-7;1-8-3-2-6(7,4-8)5(9)10;1-2-3-4-5;2*1-2/h2-6,8-9,11H,7,13H2,1H3,(H,14,16);6-7,9H,3-5H2,1-2H3,(H,10,12);2-6H,1H3;2-4,7H2,1H3,(H,9,10);2-5H2,1H3;2*1-2H/t9-,11-;7-;;;;;/m11...../s1. The molecule has 0 radical (unpaired) electrons. The SMILES string of the molecule is C#C.C#C.CCCCN.CCC[C@@H](NC)C(=O)NCC=O.CN1CCC(N)(C(=O)O)C1.C[C@H](c1ccccc1)[C@@H](N)C(=O)NCC=O.Cc1ccccc1. The van der Waals surface area contributed by atoms with E-state index in [1.165, 1.54) is 18.4 Å². The van der Waals surface area contributed by atoms with E-state index in [0.717, 1.165) is 31.5 Å². The molecule has 0 bridgehead atoms. The van der Waals surface area contributed by atoms with Crippen molar-refractivity contribution in [2.75, 3.05) is 46.8 Å². The van der Waals surface area contributed by atoms with Crippen LogP contribution in [0, 0.1) is 32.6 Å². The average Bonchev–Trinajstić information content (AvgIpc) is 3.57. The van der Waals surface area contributed by atoms with Crippen molar-refractivity contribution in [3.8, 4) is 25.7 Å². The molecule has 1 aliphatic heterocycles. The zero-order chi connectivity index (χ0) is 42.4. The van der Waals surface area contributed by atoms with Crippen LogP contribution in [0.15, 0.2) is 60.7 Å². The number of nitrogens with one attached hydrogen (secondary N) is 3. The van der Waals surface area contributed by atoms with Crippen molar-refractivity contribution in [1.29, 1.82) is 0 Å². The van der Waals surface area contributed by atoms with Crippen molar-refractivity contribution in [3.05, 3.63) is 71.8 Å². The number of carbonyl (C=O) groups excluding carboxylic acids is 4. The molecule has 0 saturated carbocycles. The number of likely N-dealkylation sites (tertiary alicyclic amines) is 1. The third kappa shape index (κ3) is 28.7. The summed E-state index contributed by atoms with van der Waals surface area (Å²) >= 11 is 0. The lowest BCUT2D eigenvalue weighted by molar-refractivity contribution is -0.142. The van der Waals surface area contributed by atoms with E-state index in [2.05, 4.69) is 67.6 Å². The van der Waals surface area contributed by atoms with Crippen molar-refractivity contribution < 1.29 is 29.1 Å². The highest BCUT2D eigenvalue weighted by atomic mass is 16.4.